The number of hydrogen-bond acceptors (Lipinski definition) is 2. The third kappa shape index (κ3) is 1.42. The Kier molecular flexibility index (Phi) is 2.14. The Bertz CT molecular complexity index is 124. The Morgan fingerprint density at radius 3 is 3.00 bits per heavy atom. The van der Waals surface area contributed by atoms with Gasteiger partial charge in [0.15, 0.2) is 0 Å². The molecule has 2 nitrogen and oxygen atoms in total. The van der Waals surface area contributed by atoms with Gasteiger partial charge in [0.25, 0.3) is 0 Å². The number of rotatable bonds is 2. The van der Waals surface area contributed by atoms with Crippen molar-refractivity contribution in [1.29, 1.82) is 0 Å². The van der Waals surface area contributed by atoms with Crippen LogP contribution in [0.15, 0.2) is 0 Å². The largest absolute Gasteiger partial charge is 0.330 e. The van der Waals surface area contributed by atoms with Crippen molar-refractivity contribution in [2.75, 3.05) is 6.54 Å². The van der Waals surface area contributed by atoms with E-state index in [1.54, 1.807) is 0 Å². The van der Waals surface area contributed by atoms with Crippen LogP contribution in [0.25, 0.3) is 0 Å². The van der Waals surface area contributed by atoms with E-state index in [0.717, 1.165) is 24.5 Å². The van der Waals surface area contributed by atoms with Crippen LogP contribution in [0.1, 0.15) is 32.1 Å². The van der Waals surface area contributed by atoms with E-state index in [2.05, 4.69) is 5.32 Å². The summed E-state index contributed by atoms with van der Waals surface area (Å²) in [5.41, 5.74) is 5.52. The molecule has 2 aliphatic rings. The van der Waals surface area contributed by atoms with Gasteiger partial charge in [-0.1, -0.05) is 6.42 Å². The van der Waals surface area contributed by atoms with Crippen LogP contribution in [0, 0.1) is 5.92 Å². The fraction of sp³-hybridized carbons (Fsp3) is 1.00. The monoisotopic (exact) mass is 154 g/mol. The second kappa shape index (κ2) is 3.11. The lowest BCUT2D eigenvalue weighted by atomic mass is 10.0. The predicted molar refractivity (Wildman–Crippen MR) is 46.3 cm³/mol. The SMILES string of the molecule is NCCC1CC2CCCC2N1. The average Bonchev–Trinajstić information content (AvgIpc) is 2.46. The highest BCUT2D eigenvalue weighted by Crippen LogP contribution is 2.35. The number of hydrogen-bond donors (Lipinski definition) is 2. The smallest absolute Gasteiger partial charge is 0.00985 e. The van der Waals surface area contributed by atoms with Crippen molar-refractivity contribution in [1.82, 2.24) is 5.32 Å². The van der Waals surface area contributed by atoms with E-state index in [9.17, 15) is 0 Å². The highest BCUT2D eigenvalue weighted by atomic mass is 15.0. The lowest BCUT2D eigenvalue weighted by molar-refractivity contribution is 0.506. The van der Waals surface area contributed by atoms with Crippen molar-refractivity contribution in [3.05, 3.63) is 0 Å². The Morgan fingerprint density at radius 2 is 2.27 bits per heavy atom. The minimum absolute atomic E-state index is 0.746. The van der Waals surface area contributed by atoms with E-state index in [0.29, 0.717) is 0 Å². The zero-order valence-corrected chi connectivity index (χ0v) is 7.05. The summed E-state index contributed by atoms with van der Waals surface area (Å²) in [7, 11) is 0. The molecule has 1 saturated heterocycles. The first kappa shape index (κ1) is 7.56. The molecule has 64 valence electrons. The number of fused-ring (bicyclic) bond motifs is 1. The van der Waals surface area contributed by atoms with E-state index in [-0.39, 0.29) is 0 Å². The highest BCUT2D eigenvalue weighted by Gasteiger charge is 2.35. The Morgan fingerprint density at radius 1 is 1.36 bits per heavy atom. The molecule has 1 saturated carbocycles. The van der Waals surface area contributed by atoms with E-state index in [1.165, 1.54) is 32.1 Å². The molecule has 0 aromatic carbocycles. The molecule has 3 atom stereocenters. The summed E-state index contributed by atoms with van der Waals surface area (Å²) >= 11 is 0. The summed E-state index contributed by atoms with van der Waals surface area (Å²) in [5, 5.41) is 3.67. The van der Waals surface area contributed by atoms with Crippen molar-refractivity contribution in [2.24, 2.45) is 11.7 Å². The van der Waals surface area contributed by atoms with Crippen molar-refractivity contribution >= 4 is 0 Å². The van der Waals surface area contributed by atoms with Crippen LogP contribution in [-0.4, -0.2) is 18.6 Å². The lowest BCUT2D eigenvalue weighted by Crippen LogP contribution is -2.30. The van der Waals surface area contributed by atoms with Crippen LogP contribution in [0.4, 0.5) is 0 Å². The Hall–Kier alpha value is -0.0800. The second-order valence-electron chi connectivity index (χ2n) is 3.97. The van der Waals surface area contributed by atoms with Crippen LogP contribution in [0.3, 0.4) is 0 Å². The molecule has 0 aromatic heterocycles. The zero-order chi connectivity index (χ0) is 7.68. The second-order valence-corrected chi connectivity index (χ2v) is 3.97. The molecule has 0 spiro atoms. The molecule has 3 unspecified atom stereocenters. The van der Waals surface area contributed by atoms with Gasteiger partial charge in [0, 0.05) is 12.1 Å². The molecule has 3 N–H and O–H groups in total. The van der Waals surface area contributed by atoms with Gasteiger partial charge in [-0.25, -0.2) is 0 Å². The fourth-order valence-corrected chi connectivity index (χ4v) is 2.68. The standard InChI is InChI=1S/C9H18N2/c10-5-4-8-6-7-2-1-3-9(7)11-8/h7-9,11H,1-6,10H2. The molecule has 2 fully saturated rings. The number of nitrogens with two attached hydrogens (primary N) is 1. The highest BCUT2D eigenvalue weighted by molar-refractivity contribution is 4.94. The molecule has 1 aliphatic heterocycles. The first-order valence-corrected chi connectivity index (χ1v) is 4.86. The van der Waals surface area contributed by atoms with E-state index in [1.807, 2.05) is 0 Å². The van der Waals surface area contributed by atoms with Gasteiger partial charge in [0.05, 0.1) is 0 Å². The topological polar surface area (TPSA) is 38.0 Å². The zero-order valence-electron chi connectivity index (χ0n) is 7.05. The fourth-order valence-electron chi connectivity index (χ4n) is 2.68. The van der Waals surface area contributed by atoms with Gasteiger partial charge < -0.3 is 11.1 Å². The van der Waals surface area contributed by atoms with Crippen LogP contribution >= 0.6 is 0 Å². The summed E-state index contributed by atoms with van der Waals surface area (Å²) in [4.78, 5) is 0. The van der Waals surface area contributed by atoms with Crippen LogP contribution in [0.5, 0.6) is 0 Å². The average molecular weight is 154 g/mol. The summed E-state index contributed by atoms with van der Waals surface area (Å²) in [5.74, 6) is 0.992. The van der Waals surface area contributed by atoms with Gasteiger partial charge >= 0.3 is 0 Å². The van der Waals surface area contributed by atoms with Crippen LogP contribution in [-0.2, 0) is 0 Å². The minimum Gasteiger partial charge on any atom is -0.330 e. The van der Waals surface area contributed by atoms with Crippen molar-refractivity contribution in [2.45, 2.75) is 44.2 Å². The normalized spacial score (nSPS) is 42.8. The quantitative estimate of drug-likeness (QED) is 0.619. The predicted octanol–water partition coefficient (Wildman–Crippen LogP) is 0.866. The molecule has 1 heterocycles. The van der Waals surface area contributed by atoms with Crippen molar-refractivity contribution < 1.29 is 0 Å². The molecule has 0 aromatic rings. The van der Waals surface area contributed by atoms with Crippen LogP contribution < -0.4 is 11.1 Å². The van der Waals surface area contributed by atoms with Gasteiger partial charge in [0.1, 0.15) is 0 Å². The van der Waals surface area contributed by atoms with Crippen LogP contribution in [0.2, 0.25) is 0 Å². The first-order valence-electron chi connectivity index (χ1n) is 4.86. The van der Waals surface area contributed by atoms with Crippen molar-refractivity contribution in [3.63, 3.8) is 0 Å². The Balaban J connectivity index is 1.84. The van der Waals surface area contributed by atoms with Crippen molar-refractivity contribution in [3.8, 4) is 0 Å². The molecular weight excluding hydrogens is 136 g/mol. The van der Waals surface area contributed by atoms with E-state index >= 15 is 0 Å². The van der Waals surface area contributed by atoms with E-state index in [4.69, 9.17) is 5.73 Å². The minimum atomic E-state index is 0.746. The molecule has 2 heteroatoms. The molecule has 0 radical (unpaired) electrons. The lowest BCUT2D eigenvalue weighted by Gasteiger charge is -2.10. The number of nitrogens with one attached hydrogen (secondary N) is 1. The molecule has 2 rings (SSSR count). The molecule has 0 amide bonds. The first-order chi connectivity index (χ1) is 5.40. The molecule has 11 heavy (non-hydrogen) atoms. The maximum Gasteiger partial charge on any atom is 0.00985 e. The van der Waals surface area contributed by atoms with Gasteiger partial charge in [-0.3, -0.25) is 0 Å². The summed E-state index contributed by atoms with van der Waals surface area (Å²) < 4.78 is 0. The van der Waals surface area contributed by atoms with Gasteiger partial charge in [0.2, 0.25) is 0 Å². The molecular formula is C9H18N2. The Labute approximate surface area is 68.5 Å². The summed E-state index contributed by atoms with van der Waals surface area (Å²) in [6.07, 6.45) is 6.87. The maximum atomic E-state index is 5.52. The van der Waals surface area contributed by atoms with Gasteiger partial charge in [-0.05, 0) is 38.1 Å². The summed E-state index contributed by atoms with van der Waals surface area (Å²) in [6, 6.07) is 1.60. The van der Waals surface area contributed by atoms with E-state index < -0.39 is 0 Å². The van der Waals surface area contributed by atoms with Gasteiger partial charge in [-0.15, -0.1) is 0 Å². The molecule has 0 bridgehead atoms. The summed E-state index contributed by atoms with van der Waals surface area (Å²) in [6.45, 7) is 0.844. The maximum absolute atomic E-state index is 5.52. The third-order valence-electron chi connectivity index (χ3n) is 3.21. The third-order valence-corrected chi connectivity index (χ3v) is 3.21. The van der Waals surface area contributed by atoms with Gasteiger partial charge in [-0.2, -0.15) is 0 Å². The molecule has 1 aliphatic carbocycles.